The molecule has 1 aliphatic heterocycles. The largest absolute Gasteiger partial charge is 0.364 e. The van der Waals surface area contributed by atoms with E-state index in [1.54, 1.807) is 4.57 Å². The Morgan fingerprint density at radius 1 is 1.21 bits per heavy atom. The van der Waals surface area contributed by atoms with Crippen molar-refractivity contribution in [2.24, 2.45) is 0 Å². The van der Waals surface area contributed by atoms with Crippen molar-refractivity contribution in [1.82, 2.24) is 19.5 Å². The second-order valence-corrected chi connectivity index (χ2v) is 5.33. The maximum atomic E-state index is 13.7. The second kappa shape index (κ2) is 5.75. The molecule has 1 aliphatic rings. The molecule has 3 heterocycles. The van der Waals surface area contributed by atoms with Crippen LogP contribution in [0.25, 0.3) is 11.2 Å². The van der Waals surface area contributed by atoms with Gasteiger partial charge in [0.1, 0.15) is 17.9 Å². The van der Waals surface area contributed by atoms with Gasteiger partial charge in [-0.3, -0.25) is 4.57 Å². The molecule has 4 rings (SSSR count). The lowest BCUT2D eigenvalue weighted by atomic mass is 10.2. The van der Waals surface area contributed by atoms with Gasteiger partial charge in [0.05, 0.1) is 12.9 Å². The standard InChI is InChI=1S/C15H12F3N5O/c16-9-2-1-3-10(17)8(9)6-19-13-12-14(22-15(18)21-13)23(7-20-12)11-4-5-24-11/h1-3,7,11H,4-6H2,(H,19,21,22). The topological polar surface area (TPSA) is 64.9 Å². The predicted octanol–water partition coefficient (Wildman–Crippen LogP) is 2.77. The maximum Gasteiger partial charge on any atom is 0.312 e. The van der Waals surface area contributed by atoms with Crippen LogP contribution in [0.1, 0.15) is 18.2 Å². The van der Waals surface area contributed by atoms with Crippen LogP contribution in [0.15, 0.2) is 24.5 Å². The van der Waals surface area contributed by atoms with Crippen LogP contribution in [0.2, 0.25) is 0 Å². The minimum absolute atomic E-state index is 0.0678. The number of nitrogens with zero attached hydrogens (tertiary/aromatic N) is 4. The molecular formula is C15H12F3N5O. The van der Waals surface area contributed by atoms with E-state index >= 15 is 0 Å². The first-order valence-corrected chi connectivity index (χ1v) is 7.32. The first-order valence-electron chi connectivity index (χ1n) is 7.32. The van der Waals surface area contributed by atoms with E-state index in [1.165, 1.54) is 12.4 Å². The first kappa shape index (κ1) is 14.9. The van der Waals surface area contributed by atoms with Crippen LogP contribution in [0.3, 0.4) is 0 Å². The monoisotopic (exact) mass is 335 g/mol. The highest BCUT2D eigenvalue weighted by Crippen LogP contribution is 2.28. The molecule has 1 unspecified atom stereocenters. The van der Waals surface area contributed by atoms with Gasteiger partial charge in [-0.2, -0.15) is 14.4 Å². The molecule has 9 heteroatoms. The minimum Gasteiger partial charge on any atom is -0.364 e. The summed E-state index contributed by atoms with van der Waals surface area (Å²) in [6.45, 7) is 0.423. The van der Waals surface area contributed by atoms with E-state index in [1.807, 2.05) is 0 Å². The highest BCUT2D eigenvalue weighted by Gasteiger charge is 2.24. The zero-order chi connectivity index (χ0) is 16.7. The summed E-state index contributed by atoms with van der Waals surface area (Å²) in [5.41, 5.74) is 0.416. The molecule has 0 aliphatic carbocycles. The van der Waals surface area contributed by atoms with Crippen molar-refractivity contribution in [3.63, 3.8) is 0 Å². The summed E-state index contributed by atoms with van der Waals surface area (Å²) >= 11 is 0. The Balaban J connectivity index is 1.68. The minimum atomic E-state index is -0.958. The van der Waals surface area contributed by atoms with Gasteiger partial charge in [0.2, 0.25) is 0 Å². The predicted molar refractivity (Wildman–Crippen MR) is 78.6 cm³/mol. The van der Waals surface area contributed by atoms with Crippen LogP contribution in [-0.2, 0) is 11.3 Å². The third kappa shape index (κ3) is 2.46. The summed E-state index contributed by atoms with van der Waals surface area (Å²) in [6, 6.07) is 3.58. The molecule has 0 saturated carbocycles. The lowest BCUT2D eigenvalue weighted by molar-refractivity contribution is -0.0974. The van der Waals surface area contributed by atoms with Gasteiger partial charge in [0, 0.05) is 18.5 Å². The summed E-state index contributed by atoms with van der Waals surface area (Å²) in [5, 5.41) is 2.73. The summed E-state index contributed by atoms with van der Waals surface area (Å²) in [7, 11) is 0. The van der Waals surface area contributed by atoms with E-state index in [4.69, 9.17) is 4.74 Å². The number of aromatic nitrogens is 4. The van der Waals surface area contributed by atoms with Crippen molar-refractivity contribution in [3.8, 4) is 0 Å². The van der Waals surface area contributed by atoms with E-state index < -0.39 is 17.7 Å². The molecule has 0 radical (unpaired) electrons. The van der Waals surface area contributed by atoms with Crippen LogP contribution in [0.4, 0.5) is 19.0 Å². The summed E-state index contributed by atoms with van der Waals surface area (Å²) in [5.74, 6) is -1.32. The fourth-order valence-corrected chi connectivity index (χ4v) is 2.54. The lowest BCUT2D eigenvalue weighted by Crippen LogP contribution is -2.24. The Kier molecular flexibility index (Phi) is 3.57. The fourth-order valence-electron chi connectivity index (χ4n) is 2.54. The van der Waals surface area contributed by atoms with Crippen molar-refractivity contribution in [2.45, 2.75) is 19.2 Å². The number of nitrogens with one attached hydrogen (secondary N) is 1. The van der Waals surface area contributed by atoms with Crippen LogP contribution in [-0.4, -0.2) is 26.1 Å². The number of rotatable bonds is 4. The van der Waals surface area contributed by atoms with E-state index in [9.17, 15) is 13.2 Å². The molecule has 2 aromatic heterocycles. The SMILES string of the molecule is Fc1nc(NCc2c(F)cccc2F)c2ncn(C3CCO3)c2n1. The fraction of sp³-hybridized carbons (Fsp3) is 0.267. The van der Waals surface area contributed by atoms with Gasteiger partial charge in [-0.25, -0.2) is 13.8 Å². The van der Waals surface area contributed by atoms with Crippen molar-refractivity contribution in [3.05, 3.63) is 47.8 Å². The van der Waals surface area contributed by atoms with Crippen LogP contribution < -0.4 is 5.32 Å². The number of imidazole rings is 1. The molecule has 0 bridgehead atoms. The highest BCUT2D eigenvalue weighted by molar-refractivity contribution is 5.82. The summed E-state index contributed by atoms with van der Waals surface area (Å²) in [4.78, 5) is 11.5. The third-order valence-corrected chi connectivity index (χ3v) is 3.87. The Bertz CT molecular complexity index is 889. The normalized spacial score (nSPS) is 17.0. The molecule has 1 aromatic carbocycles. The Morgan fingerprint density at radius 2 is 1.96 bits per heavy atom. The smallest absolute Gasteiger partial charge is 0.312 e. The number of halogens is 3. The van der Waals surface area contributed by atoms with Crippen LogP contribution in [0, 0.1) is 17.7 Å². The molecule has 0 amide bonds. The van der Waals surface area contributed by atoms with Crippen molar-refractivity contribution >= 4 is 17.0 Å². The molecule has 24 heavy (non-hydrogen) atoms. The summed E-state index contributed by atoms with van der Waals surface area (Å²) in [6.07, 6.45) is 1.07. The molecular weight excluding hydrogens is 323 g/mol. The van der Waals surface area contributed by atoms with E-state index in [-0.39, 0.29) is 29.8 Å². The van der Waals surface area contributed by atoms with Gasteiger partial charge >= 0.3 is 6.08 Å². The van der Waals surface area contributed by atoms with E-state index in [2.05, 4.69) is 20.3 Å². The molecule has 6 nitrogen and oxygen atoms in total. The van der Waals surface area contributed by atoms with Gasteiger partial charge in [-0.05, 0) is 12.1 Å². The van der Waals surface area contributed by atoms with Gasteiger partial charge in [0.15, 0.2) is 17.0 Å². The molecule has 1 fully saturated rings. The molecule has 1 N–H and O–H groups in total. The average molecular weight is 335 g/mol. The van der Waals surface area contributed by atoms with Gasteiger partial charge < -0.3 is 10.1 Å². The third-order valence-electron chi connectivity index (χ3n) is 3.87. The lowest BCUT2D eigenvalue weighted by Gasteiger charge is -2.27. The quantitative estimate of drug-likeness (QED) is 0.743. The number of ether oxygens (including phenoxy) is 1. The summed E-state index contributed by atoms with van der Waals surface area (Å²) < 4.78 is 48.1. The van der Waals surface area contributed by atoms with Gasteiger partial charge in [-0.15, -0.1) is 0 Å². The average Bonchev–Trinajstić information content (AvgIpc) is 2.88. The van der Waals surface area contributed by atoms with Crippen molar-refractivity contribution < 1.29 is 17.9 Å². The van der Waals surface area contributed by atoms with Crippen LogP contribution >= 0.6 is 0 Å². The Labute approximate surface area is 134 Å². The maximum absolute atomic E-state index is 13.7. The second-order valence-electron chi connectivity index (χ2n) is 5.33. The number of hydrogen-bond donors (Lipinski definition) is 1. The number of benzene rings is 1. The number of hydrogen-bond acceptors (Lipinski definition) is 5. The molecule has 3 aromatic rings. The zero-order valence-electron chi connectivity index (χ0n) is 12.3. The van der Waals surface area contributed by atoms with Gasteiger partial charge in [0.25, 0.3) is 0 Å². The number of fused-ring (bicyclic) bond motifs is 1. The zero-order valence-corrected chi connectivity index (χ0v) is 12.3. The molecule has 124 valence electrons. The first-order chi connectivity index (χ1) is 11.6. The van der Waals surface area contributed by atoms with Crippen molar-refractivity contribution in [2.75, 3.05) is 11.9 Å². The Hall–Kier alpha value is -2.68. The van der Waals surface area contributed by atoms with Crippen LogP contribution in [0.5, 0.6) is 0 Å². The van der Waals surface area contributed by atoms with Gasteiger partial charge in [-0.1, -0.05) is 6.07 Å². The molecule has 0 spiro atoms. The van der Waals surface area contributed by atoms with Crippen molar-refractivity contribution in [1.29, 1.82) is 0 Å². The molecule has 1 saturated heterocycles. The van der Waals surface area contributed by atoms with E-state index in [0.717, 1.165) is 18.6 Å². The Morgan fingerprint density at radius 3 is 2.62 bits per heavy atom. The highest BCUT2D eigenvalue weighted by atomic mass is 19.1. The molecule has 1 atom stereocenters. The van der Waals surface area contributed by atoms with E-state index in [0.29, 0.717) is 12.1 Å². The number of anilines is 1.